The monoisotopic (exact) mass is 150 g/mol. The van der Waals surface area contributed by atoms with Crippen LogP contribution in [0.5, 0.6) is 0 Å². The fraction of sp³-hybridized carbons (Fsp3) is 1.00. The molecule has 1 rings (SSSR count). The van der Waals surface area contributed by atoms with Crippen LogP contribution >= 0.6 is 8.69 Å². The van der Waals surface area contributed by atoms with Gasteiger partial charge >= 0.3 is 0 Å². The maximum absolute atomic E-state index is 10.1. The van der Waals surface area contributed by atoms with Crippen molar-refractivity contribution in [3.05, 3.63) is 0 Å². The Labute approximate surface area is 55.2 Å². The molecule has 5 heteroatoms. The van der Waals surface area contributed by atoms with Gasteiger partial charge in [0.25, 0.3) is 0 Å². The van der Waals surface area contributed by atoms with Gasteiger partial charge in [0.15, 0.2) is 14.5 Å². The summed E-state index contributed by atoms with van der Waals surface area (Å²) in [7, 11) is -1.13. The van der Waals surface area contributed by atoms with Gasteiger partial charge in [0.05, 0.1) is 0 Å². The van der Waals surface area contributed by atoms with Gasteiger partial charge in [-0.3, -0.25) is 19.7 Å². The van der Waals surface area contributed by atoms with E-state index in [-0.39, 0.29) is 0 Å². The molecule has 1 fully saturated rings. The smallest absolute Gasteiger partial charge is 0.182 e. The summed E-state index contributed by atoms with van der Waals surface area (Å²) in [5.41, 5.74) is 0. The second-order valence-corrected chi connectivity index (χ2v) is 2.53. The highest BCUT2D eigenvalue weighted by atomic mass is 31.1. The Hall–Kier alpha value is 0.110. The van der Waals surface area contributed by atoms with Crippen LogP contribution in [0.2, 0.25) is 0 Å². The van der Waals surface area contributed by atoms with E-state index in [4.69, 9.17) is 4.52 Å². The molecule has 1 saturated heterocycles. The first-order chi connectivity index (χ1) is 4.27. The van der Waals surface area contributed by atoms with Gasteiger partial charge < -0.3 is 0 Å². The lowest BCUT2D eigenvalue weighted by atomic mass is 10.5. The van der Waals surface area contributed by atoms with Crippen molar-refractivity contribution in [2.75, 3.05) is 13.1 Å². The zero-order chi connectivity index (χ0) is 6.74. The van der Waals surface area contributed by atoms with Crippen LogP contribution in [0.1, 0.15) is 6.92 Å². The minimum atomic E-state index is -1.13. The normalized spacial score (nSPS) is 25.9. The molecule has 0 amide bonds. The predicted octanol–water partition coefficient (Wildman–Crippen LogP) is -0.459. The van der Waals surface area contributed by atoms with Crippen molar-refractivity contribution >= 4 is 8.69 Å². The molecule has 4 nitrogen and oxygen atoms in total. The fourth-order valence-electron chi connectivity index (χ4n) is 0.844. The third kappa shape index (κ3) is 1.76. The molecule has 54 valence electrons. The van der Waals surface area contributed by atoms with Crippen LogP contribution in [0.15, 0.2) is 0 Å². The third-order valence-corrected chi connectivity index (χ3v) is 1.90. The Morgan fingerprint density at radius 3 is 2.56 bits per heavy atom. The SMILES string of the molecule is CC1(O[PH2]=O)NCCN1. The van der Waals surface area contributed by atoms with Crippen LogP contribution in [0.4, 0.5) is 0 Å². The number of hydrogen-bond acceptors (Lipinski definition) is 4. The van der Waals surface area contributed by atoms with Crippen LogP contribution in [-0.2, 0) is 9.09 Å². The number of nitrogens with one attached hydrogen (secondary N) is 2. The average molecular weight is 150 g/mol. The molecule has 1 aliphatic heterocycles. The van der Waals surface area contributed by atoms with Crippen molar-refractivity contribution < 1.29 is 9.09 Å². The minimum absolute atomic E-state index is 0.531. The van der Waals surface area contributed by atoms with E-state index in [9.17, 15) is 4.57 Å². The largest absolute Gasteiger partial charge is 0.300 e. The van der Waals surface area contributed by atoms with Crippen molar-refractivity contribution in [1.29, 1.82) is 0 Å². The van der Waals surface area contributed by atoms with Crippen molar-refractivity contribution in [2.24, 2.45) is 0 Å². The fourth-order valence-corrected chi connectivity index (χ4v) is 1.20. The van der Waals surface area contributed by atoms with Crippen LogP contribution in [0, 0.1) is 0 Å². The molecule has 0 radical (unpaired) electrons. The summed E-state index contributed by atoms with van der Waals surface area (Å²) in [5, 5.41) is 6.04. The van der Waals surface area contributed by atoms with Gasteiger partial charge in [-0.1, -0.05) is 0 Å². The number of hydrogen-bond donors (Lipinski definition) is 2. The summed E-state index contributed by atoms with van der Waals surface area (Å²) >= 11 is 0. The molecule has 0 aromatic heterocycles. The maximum atomic E-state index is 10.1. The van der Waals surface area contributed by atoms with E-state index in [1.54, 1.807) is 0 Å². The van der Waals surface area contributed by atoms with Crippen LogP contribution in [0.3, 0.4) is 0 Å². The molecule has 0 bridgehead atoms. The molecule has 1 aliphatic rings. The predicted molar refractivity (Wildman–Crippen MR) is 35.9 cm³/mol. The Kier molecular flexibility index (Phi) is 2.24. The van der Waals surface area contributed by atoms with Gasteiger partial charge in [-0.25, -0.2) is 0 Å². The molecule has 0 aliphatic carbocycles. The lowest BCUT2D eigenvalue weighted by molar-refractivity contribution is 0.0656. The molecular weight excluding hydrogens is 139 g/mol. The Morgan fingerprint density at radius 1 is 1.56 bits per heavy atom. The molecule has 2 N–H and O–H groups in total. The van der Waals surface area contributed by atoms with Crippen molar-refractivity contribution in [3.8, 4) is 0 Å². The molecule has 9 heavy (non-hydrogen) atoms. The van der Waals surface area contributed by atoms with Gasteiger partial charge in [-0.05, 0) is 6.92 Å². The van der Waals surface area contributed by atoms with Crippen molar-refractivity contribution in [3.63, 3.8) is 0 Å². The Morgan fingerprint density at radius 2 is 2.11 bits per heavy atom. The highest BCUT2D eigenvalue weighted by Crippen LogP contribution is 2.11. The van der Waals surface area contributed by atoms with E-state index in [1.807, 2.05) is 6.92 Å². The summed E-state index contributed by atoms with van der Waals surface area (Å²) in [6, 6.07) is 0. The highest BCUT2D eigenvalue weighted by molar-refractivity contribution is 7.17. The standard InChI is InChI=1S/C4H11N2O2P/c1-4(8-9-7)5-2-3-6-4/h5-6H,2-3,9H2,1H3. The van der Waals surface area contributed by atoms with Crippen LogP contribution in [0.25, 0.3) is 0 Å². The summed E-state index contributed by atoms with van der Waals surface area (Å²) in [6.07, 6.45) is 0. The van der Waals surface area contributed by atoms with Gasteiger partial charge in [-0.2, -0.15) is 0 Å². The lowest BCUT2D eigenvalue weighted by Crippen LogP contribution is -2.46. The second kappa shape index (κ2) is 2.80. The number of rotatable bonds is 2. The topological polar surface area (TPSA) is 50.4 Å². The average Bonchev–Trinajstić information content (AvgIpc) is 2.16. The molecule has 0 aromatic rings. The van der Waals surface area contributed by atoms with Crippen molar-refractivity contribution in [1.82, 2.24) is 10.6 Å². The molecule has 0 saturated carbocycles. The van der Waals surface area contributed by atoms with Gasteiger partial charge in [0.1, 0.15) is 0 Å². The quantitative estimate of drug-likeness (QED) is 0.523. The van der Waals surface area contributed by atoms with E-state index in [0.29, 0.717) is 0 Å². The molecule has 0 aromatic carbocycles. The van der Waals surface area contributed by atoms with E-state index < -0.39 is 14.5 Å². The summed E-state index contributed by atoms with van der Waals surface area (Å²) in [6.45, 7) is 3.57. The molecule has 1 heterocycles. The third-order valence-electron chi connectivity index (χ3n) is 1.33. The van der Waals surface area contributed by atoms with Gasteiger partial charge in [0, 0.05) is 13.1 Å². The van der Waals surface area contributed by atoms with E-state index in [0.717, 1.165) is 13.1 Å². The van der Waals surface area contributed by atoms with Gasteiger partial charge in [0.2, 0.25) is 0 Å². The first-order valence-electron chi connectivity index (χ1n) is 2.88. The Balaban J connectivity index is 2.40. The van der Waals surface area contributed by atoms with Crippen LogP contribution < -0.4 is 10.6 Å². The summed E-state index contributed by atoms with van der Waals surface area (Å²) in [4.78, 5) is 0. The molecular formula is C4H11N2O2P. The highest BCUT2D eigenvalue weighted by Gasteiger charge is 2.27. The Bertz CT molecular complexity index is 113. The van der Waals surface area contributed by atoms with E-state index >= 15 is 0 Å². The first kappa shape index (κ1) is 7.22. The minimum Gasteiger partial charge on any atom is -0.300 e. The molecule has 0 spiro atoms. The van der Waals surface area contributed by atoms with Crippen molar-refractivity contribution in [2.45, 2.75) is 12.8 Å². The molecule has 1 atom stereocenters. The maximum Gasteiger partial charge on any atom is 0.182 e. The van der Waals surface area contributed by atoms with Gasteiger partial charge in [-0.15, -0.1) is 0 Å². The van der Waals surface area contributed by atoms with Crippen LogP contribution in [-0.4, -0.2) is 18.9 Å². The molecule has 1 unspecified atom stereocenters. The lowest BCUT2D eigenvalue weighted by Gasteiger charge is -2.20. The first-order valence-corrected chi connectivity index (χ1v) is 3.83. The zero-order valence-corrected chi connectivity index (χ0v) is 6.46. The summed E-state index contributed by atoms with van der Waals surface area (Å²) in [5.74, 6) is -0.531. The summed E-state index contributed by atoms with van der Waals surface area (Å²) < 4.78 is 15.0. The van der Waals surface area contributed by atoms with E-state index in [1.165, 1.54) is 0 Å². The zero-order valence-electron chi connectivity index (χ0n) is 5.31. The second-order valence-electron chi connectivity index (χ2n) is 2.10. The van der Waals surface area contributed by atoms with E-state index in [2.05, 4.69) is 10.6 Å².